The molecule has 0 aliphatic rings. The van der Waals surface area contributed by atoms with Crippen molar-refractivity contribution in [3.63, 3.8) is 0 Å². The summed E-state index contributed by atoms with van der Waals surface area (Å²) in [6.45, 7) is 3.60. The lowest BCUT2D eigenvalue weighted by atomic mass is 10.1. The van der Waals surface area contributed by atoms with Crippen molar-refractivity contribution in [2.45, 2.75) is 26.3 Å². The van der Waals surface area contributed by atoms with E-state index in [0.29, 0.717) is 0 Å². The maximum Gasteiger partial charge on any atom is 0.337 e. The van der Waals surface area contributed by atoms with Gasteiger partial charge in [0.05, 0.1) is 18.4 Å². The van der Waals surface area contributed by atoms with E-state index in [1.54, 1.807) is 0 Å². The number of benzene rings is 1. The number of hydrogen-bond acceptors (Lipinski definition) is 5. The molecule has 1 rings (SSSR count). The lowest BCUT2D eigenvalue weighted by molar-refractivity contribution is -0.123. The van der Waals surface area contributed by atoms with Crippen LogP contribution in [-0.4, -0.2) is 36.7 Å². The summed E-state index contributed by atoms with van der Waals surface area (Å²) in [5.41, 5.74) is 5.57. The minimum atomic E-state index is -1.18. The number of nitrogen functional groups attached to an aromatic ring is 1. The van der Waals surface area contributed by atoms with Crippen molar-refractivity contribution in [3.05, 3.63) is 17.7 Å². The molecule has 0 spiro atoms. The summed E-state index contributed by atoms with van der Waals surface area (Å²) in [4.78, 5) is 22.7. The third-order valence-corrected chi connectivity index (χ3v) is 2.94. The van der Waals surface area contributed by atoms with Crippen molar-refractivity contribution in [2.24, 2.45) is 0 Å². The highest BCUT2D eigenvalue weighted by Gasteiger charge is 2.16. The number of rotatable bonds is 7. The molecule has 0 aromatic heterocycles. The van der Waals surface area contributed by atoms with E-state index in [1.165, 1.54) is 19.2 Å². The minimum Gasteiger partial charge on any atom is -0.493 e. The molecule has 7 heteroatoms. The summed E-state index contributed by atoms with van der Waals surface area (Å²) in [5, 5.41) is 11.8. The Labute approximate surface area is 123 Å². The monoisotopic (exact) mass is 296 g/mol. The highest BCUT2D eigenvalue weighted by molar-refractivity contribution is 5.94. The Morgan fingerprint density at radius 3 is 2.57 bits per heavy atom. The van der Waals surface area contributed by atoms with Crippen LogP contribution in [-0.2, 0) is 4.79 Å². The number of methoxy groups -OCH3 is 1. The van der Waals surface area contributed by atoms with Gasteiger partial charge in [-0.25, -0.2) is 4.79 Å². The Bertz CT molecular complexity index is 530. The zero-order valence-electron chi connectivity index (χ0n) is 12.3. The molecule has 116 valence electrons. The van der Waals surface area contributed by atoms with Crippen molar-refractivity contribution in [1.82, 2.24) is 5.32 Å². The molecule has 0 saturated heterocycles. The van der Waals surface area contributed by atoms with E-state index in [-0.39, 0.29) is 41.3 Å². The molecule has 0 radical (unpaired) electrons. The average molecular weight is 296 g/mol. The molecule has 1 aromatic rings. The van der Waals surface area contributed by atoms with E-state index in [1.807, 2.05) is 13.8 Å². The maximum atomic E-state index is 11.7. The molecule has 1 amide bonds. The predicted molar refractivity (Wildman–Crippen MR) is 77.8 cm³/mol. The van der Waals surface area contributed by atoms with Gasteiger partial charge >= 0.3 is 5.97 Å². The number of carboxylic acid groups (broad SMARTS) is 1. The Morgan fingerprint density at radius 1 is 1.38 bits per heavy atom. The fraction of sp³-hybridized carbons (Fsp3) is 0.429. The maximum absolute atomic E-state index is 11.7. The van der Waals surface area contributed by atoms with E-state index in [9.17, 15) is 9.59 Å². The summed E-state index contributed by atoms with van der Waals surface area (Å²) >= 11 is 0. The number of aromatic carboxylic acids is 1. The van der Waals surface area contributed by atoms with Crippen LogP contribution in [0.15, 0.2) is 12.1 Å². The second-order valence-corrected chi connectivity index (χ2v) is 4.56. The lowest BCUT2D eigenvalue weighted by Gasteiger charge is -2.14. The minimum absolute atomic E-state index is 0.0454. The third kappa shape index (κ3) is 4.55. The molecule has 21 heavy (non-hydrogen) atoms. The second-order valence-electron chi connectivity index (χ2n) is 4.56. The zero-order chi connectivity index (χ0) is 16.0. The van der Waals surface area contributed by atoms with Crippen LogP contribution < -0.4 is 20.5 Å². The summed E-state index contributed by atoms with van der Waals surface area (Å²) in [6.07, 6.45) is 0.806. The molecule has 7 nitrogen and oxygen atoms in total. The number of carboxylic acids is 1. The Balaban J connectivity index is 2.84. The molecule has 0 saturated carbocycles. The van der Waals surface area contributed by atoms with Crippen molar-refractivity contribution >= 4 is 17.6 Å². The van der Waals surface area contributed by atoms with Crippen LogP contribution in [0.4, 0.5) is 5.69 Å². The highest BCUT2D eigenvalue weighted by Crippen LogP contribution is 2.32. The number of carbonyl (C=O) groups excluding carboxylic acids is 1. The van der Waals surface area contributed by atoms with Gasteiger partial charge in [-0.1, -0.05) is 6.92 Å². The highest BCUT2D eigenvalue weighted by atomic mass is 16.5. The van der Waals surface area contributed by atoms with Gasteiger partial charge in [0.2, 0.25) is 0 Å². The van der Waals surface area contributed by atoms with Crippen molar-refractivity contribution < 1.29 is 24.2 Å². The smallest absolute Gasteiger partial charge is 0.337 e. The molecule has 1 unspecified atom stereocenters. The second kappa shape index (κ2) is 7.37. The Kier molecular flexibility index (Phi) is 5.83. The number of amides is 1. The summed E-state index contributed by atoms with van der Waals surface area (Å²) in [6, 6.07) is 2.64. The number of ether oxygens (including phenoxy) is 2. The van der Waals surface area contributed by atoms with Crippen molar-refractivity contribution in [3.8, 4) is 11.5 Å². The predicted octanol–water partition coefficient (Wildman–Crippen LogP) is 1.27. The fourth-order valence-corrected chi connectivity index (χ4v) is 1.60. The van der Waals surface area contributed by atoms with Gasteiger partial charge in [-0.05, 0) is 13.3 Å². The first-order valence-electron chi connectivity index (χ1n) is 6.52. The first-order chi connectivity index (χ1) is 9.88. The normalized spacial score (nSPS) is 11.6. The van der Waals surface area contributed by atoms with E-state index in [0.717, 1.165) is 6.42 Å². The zero-order valence-corrected chi connectivity index (χ0v) is 12.3. The van der Waals surface area contributed by atoms with Gasteiger partial charge in [0.25, 0.3) is 5.91 Å². The number of hydrogen-bond donors (Lipinski definition) is 3. The van der Waals surface area contributed by atoms with E-state index in [2.05, 4.69) is 5.32 Å². The van der Waals surface area contributed by atoms with Crippen LogP contribution in [0.2, 0.25) is 0 Å². The van der Waals surface area contributed by atoms with Gasteiger partial charge in [-0.15, -0.1) is 0 Å². The first-order valence-corrected chi connectivity index (χ1v) is 6.52. The van der Waals surface area contributed by atoms with E-state index in [4.69, 9.17) is 20.3 Å². The number of anilines is 1. The summed E-state index contributed by atoms with van der Waals surface area (Å²) < 4.78 is 10.4. The van der Waals surface area contributed by atoms with Gasteiger partial charge in [-0.3, -0.25) is 4.79 Å². The molecule has 0 aliphatic heterocycles. The number of nitrogens with one attached hydrogen (secondary N) is 1. The fourth-order valence-electron chi connectivity index (χ4n) is 1.60. The first kappa shape index (κ1) is 16.6. The molecule has 1 aromatic carbocycles. The van der Waals surface area contributed by atoms with Gasteiger partial charge in [0.1, 0.15) is 0 Å². The average Bonchev–Trinajstić information content (AvgIpc) is 2.44. The largest absolute Gasteiger partial charge is 0.493 e. The van der Waals surface area contributed by atoms with Crippen LogP contribution in [0.25, 0.3) is 0 Å². The topological polar surface area (TPSA) is 111 Å². The van der Waals surface area contributed by atoms with Crippen LogP contribution >= 0.6 is 0 Å². The third-order valence-electron chi connectivity index (χ3n) is 2.94. The van der Waals surface area contributed by atoms with Gasteiger partial charge in [0.15, 0.2) is 18.1 Å². The van der Waals surface area contributed by atoms with Crippen molar-refractivity contribution in [1.29, 1.82) is 0 Å². The molecule has 0 bridgehead atoms. The standard InChI is InChI=1S/C14H20N2O5/c1-4-8(2)16-13(17)7-21-12-5-9(14(18)19)10(15)6-11(12)20-3/h5-6,8H,4,7,15H2,1-3H3,(H,16,17)(H,18,19). The summed E-state index contributed by atoms with van der Waals surface area (Å²) in [5.74, 6) is -1.04. The number of nitrogens with two attached hydrogens (primary N) is 1. The van der Waals surface area contributed by atoms with Gasteiger partial charge < -0.3 is 25.6 Å². The van der Waals surface area contributed by atoms with E-state index >= 15 is 0 Å². The lowest BCUT2D eigenvalue weighted by Crippen LogP contribution is -2.35. The molecule has 0 heterocycles. The molecule has 1 atom stereocenters. The van der Waals surface area contributed by atoms with Gasteiger partial charge in [-0.2, -0.15) is 0 Å². The molecule has 0 fully saturated rings. The quantitative estimate of drug-likeness (QED) is 0.653. The molecular weight excluding hydrogens is 276 g/mol. The number of carbonyl (C=O) groups is 2. The van der Waals surface area contributed by atoms with Gasteiger partial charge in [0, 0.05) is 18.2 Å². The molecule has 0 aliphatic carbocycles. The summed E-state index contributed by atoms with van der Waals surface area (Å²) in [7, 11) is 1.40. The van der Waals surface area contributed by atoms with Crippen LogP contribution in [0.1, 0.15) is 30.6 Å². The van der Waals surface area contributed by atoms with Crippen LogP contribution in [0.3, 0.4) is 0 Å². The molecular formula is C14H20N2O5. The van der Waals surface area contributed by atoms with Crippen LogP contribution in [0, 0.1) is 0 Å². The van der Waals surface area contributed by atoms with Crippen LogP contribution in [0.5, 0.6) is 11.5 Å². The Morgan fingerprint density at radius 2 is 2.05 bits per heavy atom. The van der Waals surface area contributed by atoms with Crippen molar-refractivity contribution in [2.75, 3.05) is 19.5 Å². The SMILES string of the molecule is CCC(C)NC(=O)COc1cc(C(=O)O)c(N)cc1OC. The Hall–Kier alpha value is -2.44. The molecule has 4 N–H and O–H groups in total. The van der Waals surface area contributed by atoms with E-state index < -0.39 is 5.97 Å².